The quantitative estimate of drug-likeness (QED) is 0.537. The third kappa shape index (κ3) is 0.739. The van der Waals surface area contributed by atoms with Crippen LogP contribution in [0.5, 0.6) is 0 Å². The van der Waals surface area contributed by atoms with E-state index in [1.807, 2.05) is 12.1 Å². The van der Waals surface area contributed by atoms with Gasteiger partial charge in [0.2, 0.25) is 0 Å². The van der Waals surface area contributed by atoms with Crippen LogP contribution in [0.1, 0.15) is 0 Å². The van der Waals surface area contributed by atoms with Gasteiger partial charge in [0.1, 0.15) is 0 Å². The molecular weight excluding hydrogens is 124 g/mol. The Balaban J connectivity index is 2.89. The number of fused-ring (bicyclic) bond motifs is 1. The second kappa shape index (κ2) is 2.06. The molecule has 2 rings (SSSR count). The van der Waals surface area contributed by atoms with E-state index in [0.29, 0.717) is 0 Å². The van der Waals surface area contributed by atoms with Crippen molar-refractivity contribution in [2.45, 2.75) is 0 Å². The van der Waals surface area contributed by atoms with Crippen LogP contribution < -0.4 is 0 Å². The predicted molar refractivity (Wildman–Crippen MR) is 38.4 cm³/mol. The average molecular weight is 129 g/mol. The summed E-state index contributed by atoms with van der Waals surface area (Å²) in [5, 5.41) is 0. The molecule has 1 radical (unpaired) electrons. The van der Waals surface area contributed by atoms with E-state index in [-0.39, 0.29) is 0 Å². The van der Waals surface area contributed by atoms with Crippen LogP contribution in [0.15, 0.2) is 30.6 Å². The first-order chi connectivity index (χ1) is 4.97. The molecule has 0 saturated heterocycles. The molecule has 0 aromatic carbocycles. The van der Waals surface area contributed by atoms with Crippen molar-refractivity contribution in [2.75, 3.05) is 0 Å². The fourth-order valence-corrected chi connectivity index (χ4v) is 0.846. The van der Waals surface area contributed by atoms with E-state index < -0.39 is 0 Å². The summed E-state index contributed by atoms with van der Waals surface area (Å²) in [5.41, 5.74) is 1.72. The number of hydrogen-bond acceptors (Lipinski definition) is 2. The van der Waals surface area contributed by atoms with Gasteiger partial charge in [-0.05, 0) is 18.2 Å². The van der Waals surface area contributed by atoms with E-state index >= 15 is 0 Å². The first-order valence-electron chi connectivity index (χ1n) is 3.04. The molecule has 0 unspecified atom stereocenters. The molecule has 0 N–H and O–H groups in total. The van der Waals surface area contributed by atoms with Crippen LogP contribution in [-0.2, 0) is 0 Å². The SMILES string of the molecule is [c]1ccnc2cccnc12. The van der Waals surface area contributed by atoms with Crippen molar-refractivity contribution in [2.24, 2.45) is 0 Å². The Hall–Kier alpha value is -1.44. The lowest BCUT2D eigenvalue weighted by atomic mass is 10.3. The topological polar surface area (TPSA) is 25.8 Å². The molecule has 0 saturated carbocycles. The number of hydrogen-bond donors (Lipinski definition) is 0. The zero-order chi connectivity index (χ0) is 6.81. The Morgan fingerprint density at radius 1 is 1.20 bits per heavy atom. The van der Waals surface area contributed by atoms with E-state index in [2.05, 4.69) is 16.0 Å². The van der Waals surface area contributed by atoms with E-state index in [0.717, 1.165) is 11.0 Å². The fraction of sp³-hybridized carbons (Fsp3) is 0. The molecule has 2 heterocycles. The van der Waals surface area contributed by atoms with Crippen molar-refractivity contribution in [3.63, 3.8) is 0 Å². The molecule has 2 nitrogen and oxygen atoms in total. The van der Waals surface area contributed by atoms with Crippen molar-refractivity contribution in [1.82, 2.24) is 9.97 Å². The molecule has 0 atom stereocenters. The Kier molecular flexibility index (Phi) is 1.10. The highest BCUT2D eigenvalue weighted by Gasteiger charge is 1.88. The number of aromatic nitrogens is 2. The first kappa shape index (κ1) is 5.35. The molecule has 0 aliphatic carbocycles. The van der Waals surface area contributed by atoms with Gasteiger partial charge in [0, 0.05) is 18.5 Å². The fourth-order valence-electron chi connectivity index (χ4n) is 0.846. The Labute approximate surface area is 58.6 Å². The molecule has 0 spiro atoms. The molecule has 47 valence electrons. The van der Waals surface area contributed by atoms with Gasteiger partial charge in [-0.15, -0.1) is 0 Å². The summed E-state index contributed by atoms with van der Waals surface area (Å²) in [7, 11) is 0. The van der Waals surface area contributed by atoms with Gasteiger partial charge in [-0.3, -0.25) is 9.97 Å². The summed E-state index contributed by atoms with van der Waals surface area (Å²) in [5.74, 6) is 0. The summed E-state index contributed by atoms with van der Waals surface area (Å²) in [6.45, 7) is 0. The lowest BCUT2D eigenvalue weighted by molar-refractivity contribution is 1.33. The minimum atomic E-state index is 0.824. The van der Waals surface area contributed by atoms with Gasteiger partial charge in [-0.1, -0.05) is 0 Å². The highest BCUT2D eigenvalue weighted by molar-refractivity contribution is 5.72. The van der Waals surface area contributed by atoms with Crippen molar-refractivity contribution in [1.29, 1.82) is 0 Å². The molecule has 0 fully saturated rings. The summed E-state index contributed by atoms with van der Waals surface area (Å²) >= 11 is 0. The van der Waals surface area contributed by atoms with Crippen molar-refractivity contribution in [3.05, 3.63) is 36.7 Å². The van der Waals surface area contributed by atoms with Gasteiger partial charge in [-0.2, -0.15) is 0 Å². The average Bonchev–Trinajstić information content (AvgIpc) is 2.05. The minimum Gasteiger partial charge on any atom is -0.255 e. The van der Waals surface area contributed by atoms with Crippen molar-refractivity contribution >= 4 is 11.0 Å². The summed E-state index contributed by atoms with van der Waals surface area (Å²) in [6, 6.07) is 8.52. The second-order valence-corrected chi connectivity index (χ2v) is 1.96. The highest BCUT2D eigenvalue weighted by atomic mass is 14.7. The normalized spacial score (nSPS) is 10.0. The zero-order valence-corrected chi connectivity index (χ0v) is 5.28. The molecule has 0 bridgehead atoms. The minimum absolute atomic E-state index is 0.824. The van der Waals surface area contributed by atoms with Crippen molar-refractivity contribution in [3.8, 4) is 0 Å². The van der Waals surface area contributed by atoms with Crippen LogP contribution in [-0.4, -0.2) is 9.97 Å². The van der Waals surface area contributed by atoms with Crippen LogP contribution in [0.3, 0.4) is 0 Å². The molecule has 0 amide bonds. The van der Waals surface area contributed by atoms with Crippen LogP contribution in [0.2, 0.25) is 0 Å². The summed E-state index contributed by atoms with van der Waals surface area (Å²) < 4.78 is 0. The lowest BCUT2D eigenvalue weighted by Crippen LogP contribution is -1.78. The Bertz CT molecular complexity index is 278. The number of rotatable bonds is 0. The molecule has 2 heteroatoms. The molecule has 0 aliphatic rings. The second-order valence-electron chi connectivity index (χ2n) is 1.96. The van der Waals surface area contributed by atoms with Crippen LogP contribution in [0.25, 0.3) is 11.0 Å². The van der Waals surface area contributed by atoms with Gasteiger partial charge in [0.05, 0.1) is 11.0 Å². The molecule has 2 aromatic rings. The van der Waals surface area contributed by atoms with E-state index in [9.17, 15) is 0 Å². The first-order valence-corrected chi connectivity index (χ1v) is 3.04. The maximum atomic E-state index is 4.09. The standard InChI is InChI=1S/C8H5N2/c1-3-7-8(9-5-1)4-2-6-10-7/h1-3,5-6H. The van der Waals surface area contributed by atoms with E-state index in [4.69, 9.17) is 0 Å². The Morgan fingerprint density at radius 3 is 3.10 bits per heavy atom. The smallest absolute Gasteiger partial charge is 0.0965 e. The molecule has 2 aromatic heterocycles. The van der Waals surface area contributed by atoms with Crippen LogP contribution in [0.4, 0.5) is 0 Å². The highest BCUT2D eigenvalue weighted by Crippen LogP contribution is 2.03. The van der Waals surface area contributed by atoms with Gasteiger partial charge in [-0.25, -0.2) is 0 Å². The third-order valence-corrected chi connectivity index (χ3v) is 1.29. The maximum Gasteiger partial charge on any atom is 0.0965 e. The van der Waals surface area contributed by atoms with Crippen molar-refractivity contribution < 1.29 is 0 Å². The largest absolute Gasteiger partial charge is 0.255 e. The number of nitrogens with zero attached hydrogens (tertiary/aromatic N) is 2. The number of pyridine rings is 2. The summed E-state index contributed by atoms with van der Waals surface area (Å²) in [4.78, 5) is 8.15. The zero-order valence-electron chi connectivity index (χ0n) is 5.28. The predicted octanol–water partition coefficient (Wildman–Crippen LogP) is 1.43. The van der Waals surface area contributed by atoms with E-state index in [1.54, 1.807) is 18.5 Å². The van der Waals surface area contributed by atoms with Crippen LogP contribution >= 0.6 is 0 Å². The molecular formula is C8H5N2. The Morgan fingerprint density at radius 2 is 2.20 bits per heavy atom. The lowest BCUT2D eigenvalue weighted by Gasteiger charge is -1.90. The van der Waals surface area contributed by atoms with E-state index in [1.165, 1.54) is 0 Å². The van der Waals surface area contributed by atoms with Gasteiger partial charge in [0.25, 0.3) is 0 Å². The maximum absolute atomic E-state index is 4.09. The van der Waals surface area contributed by atoms with Crippen LogP contribution in [0, 0.1) is 6.07 Å². The third-order valence-electron chi connectivity index (χ3n) is 1.29. The van der Waals surface area contributed by atoms with Gasteiger partial charge >= 0.3 is 0 Å². The monoisotopic (exact) mass is 129 g/mol. The molecule has 10 heavy (non-hydrogen) atoms. The van der Waals surface area contributed by atoms with Gasteiger partial charge < -0.3 is 0 Å². The summed E-state index contributed by atoms with van der Waals surface area (Å²) in [6.07, 6.45) is 3.45. The molecule has 0 aliphatic heterocycles. The van der Waals surface area contributed by atoms with Gasteiger partial charge in [0.15, 0.2) is 0 Å².